The average Bonchev–Trinajstić information content (AvgIpc) is 3.50. The molecule has 3 aromatic carbocycles. The Hall–Kier alpha value is -1.87. The second kappa shape index (κ2) is 11.1. The molecular formula is C31H35Cl3N4O2. The lowest BCUT2D eigenvalue weighted by Gasteiger charge is -2.39. The zero-order chi connectivity index (χ0) is 28.3. The monoisotopic (exact) mass is 600 g/mol. The number of rotatable bonds is 6. The van der Waals surface area contributed by atoms with Gasteiger partial charge in [0.25, 0.3) is 0 Å². The molecule has 9 heteroatoms. The molecule has 0 radical (unpaired) electrons. The van der Waals surface area contributed by atoms with E-state index in [4.69, 9.17) is 34.8 Å². The van der Waals surface area contributed by atoms with Gasteiger partial charge in [-0.05, 0) is 79.8 Å². The number of anilines is 2. The minimum atomic E-state index is -1.04. The molecule has 0 saturated carbocycles. The zero-order valence-corrected chi connectivity index (χ0v) is 25.2. The van der Waals surface area contributed by atoms with Crippen molar-refractivity contribution in [1.29, 1.82) is 0 Å². The highest BCUT2D eigenvalue weighted by atomic mass is 35.5. The molecule has 2 fully saturated rings. The quantitative estimate of drug-likeness (QED) is 0.298. The van der Waals surface area contributed by atoms with Crippen molar-refractivity contribution in [2.45, 2.75) is 70.9 Å². The van der Waals surface area contributed by atoms with Gasteiger partial charge in [-0.25, -0.2) is 0 Å². The molecule has 4 atom stereocenters. The lowest BCUT2D eigenvalue weighted by molar-refractivity contribution is 0.0998. The van der Waals surface area contributed by atoms with E-state index in [1.807, 2.05) is 24.3 Å². The topological polar surface area (TPSA) is 62.2 Å². The number of nitrogens with zero attached hydrogens (tertiary/aromatic N) is 3. The molecule has 0 aromatic heterocycles. The number of aliphatic hydroxyl groups excluding tert-OH is 2. The van der Waals surface area contributed by atoms with Gasteiger partial charge in [-0.3, -0.25) is 20.0 Å². The minimum Gasteiger partial charge on any atom is -0.389 e. The summed E-state index contributed by atoms with van der Waals surface area (Å²) in [5, 5.41) is 26.0. The Morgan fingerprint density at radius 2 is 1.65 bits per heavy atom. The highest BCUT2D eigenvalue weighted by Crippen LogP contribution is 2.46. The highest BCUT2D eigenvalue weighted by Gasteiger charge is 2.44. The van der Waals surface area contributed by atoms with Crippen molar-refractivity contribution in [2.75, 3.05) is 18.0 Å². The number of halogens is 3. The Balaban J connectivity index is 1.46. The van der Waals surface area contributed by atoms with Crippen molar-refractivity contribution in [3.63, 3.8) is 0 Å². The number of hydrogen-bond donors (Lipinski definition) is 3. The largest absolute Gasteiger partial charge is 0.389 e. The summed E-state index contributed by atoms with van der Waals surface area (Å²) >= 11 is 20.3. The van der Waals surface area contributed by atoms with Crippen molar-refractivity contribution < 1.29 is 10.2 Å². The standard InChI is InChI=1S/C31H35Cl3N4O2/c1-17(2)37-16-21-12-22(37)15-36(21)14-19-8-24(23-6-4-5-7-26(23)32)25-13-35-31(40)38(29(25)9-19)30-27(33)10-20(18(3)39)11-28(30)34/h4-11,17-18,21-22,31,35,39-40H,12-16H2,1-3H3. The van der Waals surface area contributed by atoms with E-state index < -0.39 is 12.5 Å². The van der Waals surface area contributed by atoms with Crippen LogP contribution in [0.2, 0.25) is 15.1 Å². The zero-order valence-electron chi connectivity index (χ0n) is 22.9. The number of piperazine rings is 1. The highest BCUT2D eigenvalue weighted by molar-refractivity contribution is 6.39. The second-order valence-electron chi connectivity index (χ2n) is 11.5. The van der Waals surface area contributed by atoms with Gasteiger partial charge in [0.2, 0.25) is 0 Å². The number of benzene rings is 3. The molecule has 6 rings (SSSR count). The Morgan fingerprint density at radius 3 is 2.27 bits per heavy atom. The predicted molar refractivity (Wildman–Crippen MR) is 163 cm³/mol. The molecule has 0 spiro atoms. The summed E-state index contributed by atoms with van der Waals surface area (Å²) < 4.78 is 0. The first-order valence-corrected chi connectivity index (χ1v) is 15.0. The molecule has 0 amide bonds. The maximum atomic E-state index is 11.3. The maximum Gasteiger partial charge on any atom is 0.188 e. The predicted octanol–water partition coefficient (Wildman–Crippen LogP) is 6.55. The van der Waals surface area contributed by atoms with E-state index in [0.717, 1.165) is 47.6 Å². The average molecular weight is 602 g/mol. The third-order valence-electron chi connectivity index (χ3n) is 8.62. The van der Waals surface area contributed by atoms with Crippen LogP contribution in [-0.4, -0.2) is 57.6 Å². The van der Waals surface area contributed by atoms with Crippen molar-refractivity contribution in [3.8, 4) is 11.1 Å². The molecule has 212 valence electrons. The van der Waals surface area contributed by atoms with Gasteiger partial charge in [0.1, 0.15) is 0 Å². The summed E-state index contributed by atoms with van der Waals surface area (Å²) in [5.74, 6) is 0. The van der Waals surface area contributed by atoms with Crippen LogP contribution in [0.3, 0.4) is 0 Å². The van der Waals surface area contributed by atoms with Gasteiger partial charge in [-0.1, -0.05) is 53.0 Å². The number of nitrogens with one attached hydrogen (secondary N) is 1. The van der Waals surface area contributed by atoms with E-state index in [9.17, 15) is 10.2 Å². The third-order valence-corrected chi connectivity index (χ3v) is 9.53. The van der Waals surface area contributed by atoms with Gasteiger partial charge in [-0.2, -0.15) is 0 Å². The van der Waals surface area contributed by atoms with Gasteiger partial charge >= 0.3 is 0 Å². The van der Waals surface area contributed by atoms with Crippen LogP contribution in [-0.2, 0) is 13.1 Å². The molecule has 6 nitrogen and oxygen atoms in total. The van der Waals surface area contributed by atoms with Crippen LogP contribution in [0, 0.1) is 0 Å². The molecule has 0 aliphatic carbocycles. The third kappa shape index (κ3) is 5.03. The molecule has 4 unspecified atom stereocenters. The Labute approximate surface area is 251 Å². The van der Waals surface area contributed by atoms with Crippen molar-refractivity contribution in [3.05, 3.63) is 80.3 Å². The van der Waals surface area contributed by atoms with Crippen LogP contribution < -0.4 is 10.2 Å². The lowest BCUT2D eigenvalue weighted by atomic mass is 9.93. The van der Waals surface area contributed by atoms with Crippen LogP contribution in [0.4, 0.5) is 11.4 Å². The molecule has 3 N–H and O–H groups in total. The van der Waals surface area contributed by atoms with E-state index in [1.165, 1.54) is 6.42 Å². The first-order chi connectivity index (χ1) is 19.1. The van der Waals surface area contributed by atoms with E-state index in [1.54, 1.807) is 24.0 Å². The van der Waals surface area contributed by atoms with Crippen LogP contribution in [0.5, 0.6) is 0 Å². The fourth-order valence-corrected chi connectivity index (χ4v) is 7.61. The fraction of sp³-hybridized carbons (Fsp3) is 0.419. The SMILES string of the molecule is CC(O)c1cc(Cl)c(N2c3cc(CN4CC5CC4CN5C(C)C)cc(-c4ccccc4Cl)c3CNC2O)c(Cl)c1. The van der Waals surface area contributed by atoms with Gasteiger partial charge in [-0.15, -0.1) is 0 Å². The molecule has 2 bridgehead atoms. The summed E-state index contributed by atoms with van der Waals surface area (Å²) in [6.07, 6.45) is -0.561. The van der Waals surface area contributed by atoms with Crippen molar-refractivity contribution in [1.82, 2.24) is 15.1 Å². The smallest absolute Gasteiger partial charge is 0.188 e. The number of fused-ring (bicyclic) bond motifs is 3. The van der Waals surface area contributed by atoms with Gasteiger partial charge in [0, 0.05) is 54.9 Å². The summed E-state index contributed by atoms with van der Waals surface area (Å²) in [7, 11) is 0. The van der Waals surface area contributed by atoms with E-state index in [2.05, 4.69) is 41.1 Å². The van der Waals surface area contributed by atoms with Crippen LogP contribution in [0.15, 0.2) is 48.5 Å². The van der Waals surface area contributed by atoms with Crippen LogP contribution >= 0.6 is 34.8 Å². The Morgan fingerprint density at radius 1 is 0.925 bits per heavy atom. The number of aliphatic hydroxyl groups is 2. The van der Waals surface area contributed by atoms with Gasteiger partial charge in [0.05, 0.1) is 27.5 Å². The molecule has 3 aliphatic rings. The van der Waals surface area contributed by atoms with Crippen LogP contribution in [0.1, 0.15) is 50.0 Å². The van der Waals surface area contributed by atoms with Gasteiger partial charge in [0.15, 0.2) is 6.35 Å². The Bertz CT molecular complexity index is 1410. The molecule has 3 heterocycles. The van der Waals surface area contributed by atoms with E-state index in [-0.39, 0.29) is 0 Å². The molecule has 3 aromatic rings. The number of hydrogen-bond acceptors (Lipinski definition) is 6. The lowest BCUT2D eigenvalue weighted by Crippen LogP contribution is -2.48. The number of likely N-dealkylation sites (tertiary alicyclic amines) is 2. The van der Waals surface area contributed by atoms with E-state index in [0.29, 0.717) is 51.0 Å². The van der Waals surface area contributed by atoms with Crippen molar-refractivity contribution >= 4 is 46.2 Å². The first-order valence-electron chi connectivity index (χ1n) is 13.9. The summed E-state index contributed by atoms with van der Waals surface area (Å²) in [6.45, 7) is 9.63. The fourth-order valence-electron chi connectivity index (χ4n) is 6.68. The van der Waals surface area contributed by atoms with Crippen LogP contribution in [0.25, 0.3) is 11.1 Å². The molecule has 3 aliphatic heterocycles. The Kier molecular flexibility index (Phi) is 7.83. The molecule has 40 heavy (non-hydrogen) atoms. The van der Waals surface area contributed by atoms with Gasteiger partial charge < -0.3 is 10.2 Å². The first kappa shape index (κ1) is 28.3. The van der Waals surface area contributed by atoms with Crippen molar-refractivity contribution in [2.24, 2.45) is 0 Å². The maximum absolute atomic E-state index is 11.3. The summed E-state index contributed by atoms with van der Waals surface area (Å²) in [6, 6.07) is 17.4. The second-order valence-corrected chi connectivity index (χ2v) is 12.7. The molecular weight excluding hydrogens is 567 g/mol. The summed E-state index contributed by atoms with van der Waals surface area (Å²) in [4.78, 5) is 6.96. The molecule has 2 saturated heterocycles. The normalized spacial score (nSPS) is 23.7. The van der Waals surface area contributed by atoms with E-state index >= 15 is 0 Å². The minimum absolute atomic E-state index is 0.354. The summed E-state index contributed by atoms with van der Waals surface area (Å²) in [5.41, 5.74) is 6.04.